The van der Waals surface area contributed by atoms with Crippen molar-refractivity contribution >= 4 is 5.91 Å². The number of hydrogen-bond acceptors (Lipinski definition) is 4. The van der Waals surface area contributed by atoms with E-state index in [1.807, 2.05) is 38.1 Å². The highest BCUT2D eigenvalue weighted by molar-refractivity contribution is 5.81. The van der Waals surface area contributed by atoms with Crippen LogP contribution >= 0.6 is 0 Å². The van der Waals surface area contributed by atoms with Crippen LogP contribution in [0.15, 0.2) is 24.3 Å². The molecule has 128 valence electrons. The number of carbonyl (C=O) groups excluding carboxylic acids is 1. The summed E-state index contributed by atoms with van der Waals surface area (Å²) in [6.45, 7) is 9.27. The van der Waals surface area contributed by atoms with Gasteiger partial charge in [-0.2, -0.15) is 0 Å². The van der Waals surface area contributed by atoms with E-state index in [9.17, 15) is 4.79 Å². The molecule has 1 aromatic carbocycles. The van der Waals surface area contributed by atoms with E-state index >= 15 is 0 Å². The lowest BCUT2D eigenvalue weighted by atomic mass is 10.2. The maximum absolute atomic E-state index is 12.2. The molecule has 1 heterocycles. The monoisotopic (exact) mass is 320 g/mol. The third-order valence-corrected chi connectivity index (χ3v) is 3.99. The van der Waals surface area contributed by atoms with Gasteiger partial charge in [0, 0.05) is 19.6 Å². The fourth-order valence-electron chi connectivity index (χ4n) is 2.63. The predicted octanol–water partition coefficient (Wildman–Crippen LogP) is 1.99. The van der Waals surface area contributed by atoms with Crippen LogP contribution in [0.4, 0.5) is 0 Å². The second kappa shape index (κ2) is 9.53. The molecule has 0 unspecified atom stereocenters. The van der Waals surface area contributed by atoms with E-state index in [1.54, 1.807) is 0 Å². The Bertz CT molecular complexity index is 487. The average molecular weight is 320 g/mol. The number of rotatable bonds is 8. The minimum atomic E-state index is -0.430. The van der Waals surface area contributed by atoms with Crippen LogP contribution in [0.3, 0.4) is 0 Å². The van der Waals surface area contributed by atoms with E-state index in [2.05, 4.69) is 10.2 Å². The lowest BCUT2D eigenvalue weighted by Crippen LogP contribution is -2.41. The minimum absolute atomic E-state index is 0.0315. The van der Waals surface area contributed by atoms with Gasteiger partial charge in [-0.15, -0.1) is 0 Å². The molecular weight excluding hydrogens is 292 g/mol. The molecule has 1 aliphatic rings. The van der Waals surface area contributed by atoms with Gasteiger partial charge in [0.1, 0.15) is 5.75 Å². The third kappa shape index (κ3) is 6.20. The Labute approximate surface area is 139 Å². The Morgan fingerprint density at radius 3 is 2.87 bits per heavy atom. The lowest BCUT2D eigenvalue weighted by molar-refractivity contribution is -0.128. The highest BCUT2D eigenvalue weighted by Crippen LogP contribution is 2.15. The summed E-state index contributed by atoms with van der Waals surface area (Å²) < 4.78 is 11.1. The van der Waals surface area contributed by atoms with Gasteiger partial charge >= 0.3 is 0 Å². The van der Waals surface area contributed by atoms with Gasteiger partial charge in [0.2, 0.25) is 0 Å². The Morgan fingerprint density at radius 1 is 1.39 bits per heavy atom. The van der Waals surface area contributed by atoms with Crippen LogP contribution in [0, 0.1) is 6.92 Å². The first kappa shape index (κ1) is 17.8. The van der Waals surface area contributed by atoms with Crippen molar-refractivity contribution in [2.45, 2.75) is 32.8 Å². The van der Waals surface area contributed by atoms with Crippen molar-refractivity contribution in [2.75, 3.05) is 39.4 Å². The van der Waals surface area contributed by atoms with E-state index in [1.165, 1.54) is 0 Å². The maximum Gasteiger partial charge on any atom is 0.261 e. The fraction of sp³-hybridized carbons (Fsp3) is 0.611. The van der Waals surface area contributed by atoms with Gasteiger partial charge in [0.05, 0.1) is 13.2 Å². The number of nitrogens with zero attached hydrogens (tertiary/aromatic N) is 1. The summed E-state index contributed by atoms with van der Waals surface area (Å²) in [4.78, 5) is 14.6. The van der Waals surface area contributed by atoms with Gasteiger partial charge < -0.3 is 14.8 Å². The molecule has 5 heteroatoms. The van der Waals surface area contributed by atoms with Gasteiger partial charge in [-0.1, -0.05) is 19.1 Å². The normalized spacial score (nSPS) is 16.8. The van der Waals surface area contributed by atoms with Gasteiger partial charge in [-0.3, -0.25) is 9.69 Å². The smallest absolute Gasteiger partial charge is 0.261 e. The third-order valence-electron chi connectivity index (χ3n) is 3.99. The number of ether oxygens (including phenoxy) is 2. The molecule has 23 heavy (non-hydrogen) atoms. The van der Waals surface area contributed by atoms with Crippen molar-refractivity contribution in [3.05, 3.63) is 29.8 Å². The van der Waals surface area contributed by atoms with Gasteiger partial charge in [0.15, 0.2) is 6.10 Å². The zero-order chi connectivity index (χ0) is 16.5. The molecule has 0 spiro atoms. The minimum Gasteiger partial charge on any atom is -0.481 e. The quantitative estimate of drug-likeness (QED) is 0.744. The van der Waals surface area contributed by atoms with Gasteiger partial charge in [-0.05, 0) is 44.0 Å². The van der Waals surface area contributed by atoms with Crippen molar-refractivity contribution in [1.82, 2.24) is 10.2 Å². The van der Waals surface area contributed by atoms with Crippen LogP contribution in [0.25, 0.3) is 0 Å². The number of morpholine rings is 1. The summed E-state index contributed by atoms with van der Waals surface area (Å²) in [6.07, 6.45) is 1.18. The predicted molar refractivity (Wildman–Crippen MR) is 90.8 cm³/mol. The Morgan fingerprint density at radius 2 is 2.17 bits per heavy atom. The molecule has 0 bridgehead atoms. The Balaban J connectivity index is 1.69. The van der Waals surface area contributed by atoms with Crippen molar-refractivity contribution in [3.63, 3.8) is 0 Å². The molecule has 1 N–H and O–H groups in total. The number of carbonyl (C=O) groups is 1. The van der Waals surface area contributed by atoms with E-state index in [-0.39, 0.29) is 5.91 Å². The standard InChI is InChI=1S/C18H28N2O3/c1-3-17(23-16-7-4-6-15(2)14-16)18(21)19-8-5-9-20-10-12-22-13-11-20/h4,6-7,14,17H,3,5,8-13H2,1-2H3,(H,19,21)/t17-/m1/s1. The van der Waals surface area contributed by atoms with Crippen molar-refractivity contribution in [1.29, 1.82) is 0 Å². The van der Waals surface area contributed by atoms with Crippen LogP contribution < -0.4 is 10.1 Å². The summed E-state index contributed by atoms with van der Waals surface area (Å²) in [5, 5.41) is 2.99. The molecule has 1 atom stereocenters. The molecule has 1 saturated heterocycles. The highest BCUT2D eigenvalue weighted by atomic mass is 16.5. The molecule has 1 amide bonds. The van der Waals surface area contributed by atoms with Crippen LogP contribution in [0.5, 0.6) is 5.75 Å². The zero-order valence-electron chi connectivity index (χ0n) is 14.2. The fourth-order valence-corrected chi connectivity index (χ4v) is 2.63. The SMILES string of the molecule is CC[C@@H](Oc1cccc(C)c1)C(=O)NCCCN1CCOCC1. The van der Waals surface area contributed by atoms with E-state index < -0.39 is 6.10 Å². The first-order chi connectivity index (χ1) is 11.2. The van der Waals surface area contributed by atoms with Gasteiger partial charge in [0.25, 0.3) is 5.91 Å². The number of aryl methyl sites for hydroxylation is 1. The lowest BCUT2D eigenvalue weighted by Gasteiger charge is -2.26. The van der Waals surface area contributed by atoms with Crippen LogP contribution in [0.2, 0.25) is 0 Å². The van der Waals surface area contributed by atoms with E-state index in [0.717, 1.165) is 50.6 Å². The number of hydrogen-bond donors (Lipinski definition) is 1. The topological polar surface area (TPSA) is 50.8 Å². The number of amides is 1. The summed E-state index contributed by atoms with van der Waals surface area (Å²) in [5.74, 6) is 0.719. The molecule has 0 aromatic heterocycles. The van der Waals surface area contributed by atoms with Crippen molar-refractivity contribution in [3.8, 4) is 5.75 Å². The Kier molecular flexibility index (Phi) is 7.36. The van der Waals surface area contributed by atoms with Crippen LogP contribution in [0.1, 0.15) is 25.3 Å². The zero-order valence-corrected chi connectivity index (χ0v) is 14.2. The molecule has 0 saturated carbocycles. The second-order valence-electron chi connectivity index (χ2n) is 5.93. The molecule has 2 rings (SSSR count). The molecule has 0 aliphatic carbocycles. The molecule has 1 aliphatic heterocycles. The molecule has 0 radical (unpaired) electrons. The Hall–Kier alpha value is -1.59. The van der Waals surface area contributed by atoms with E-state index in [0.29, 0.717) is 13.0 Å². The summed E-state index contributed by atoms with van der Waals surface area (Å²) >= 11 is 0. The number of nitrogens with one attached hydrogen (secondary N) is 1. The van der Waals surface area contributed by atoms with E-state index in [4.69, 9.17) is 9.47 Å². The first-order valence-corrected chi connectivity index (χ1v) is 8.50. The number of benzene rings is 1. The summed E-state index contributed by atoms with van der Waals surface area (Å²) in [6, 6.07) is 7.80. The summed E-state index contributed by atoms with van der Waals surface area (Å²) in [7, 11) is 0. The van der Waals surface area contributed by atoms with Gasteiger partial charge in [-0.25, -0.2) is 0 Å². The molecule has 5 nitrogen and oxygen atoms in total. The maximum atomic E-state index is 12.2. The van der Waals surface area contributed by atoms with Crippen LogP contribution in [-0.2, 0) is 9.53 Å². The molecule has 1 fully saturated rings. The van der Waals surface area contributed by atoms with Crippen molar-refractivity contribution < 1.29 is 14.3 Å². The average Bonchev–Trinajstić information content (AvgIpc) is 2.57. The summed E-state index contributed by atoms with van der Waals surface area (Å²) in [5.41, 5.74) is 1.13. The first-order valence-electron chi connectivity index (χ1n) is 8.50. The molecular formula is C18H28N2O3. The van der Waals surface area contributed by atoms with Crippen molar-refractivity contribution in [2.24, 2.45) is 0 Å². The largest absolute Gasteiger partial charge is 0.481 e. The van der Waals surface area contributed by atoms with Crippen LogP contribution in [-0.4, -0.2) is 56.3 Å². The highest BCUT2D eigenvalue weighted by Gasteiger charge is 2.18. The second-order valence-corrected chi connectivity index (χ2v) is 5.93. The molecule has 1 aromatic rings.